The molecule has 0 heterocycles. The van der Waals surface area contributed by atoms with E-state index in [-0.39, 0.29) is 6.42 Å². The van der Waals surface area contributed by atoms with Gasteiger partial charge in [0.05, 0.1) is 19.1 Å². The third kappa shape index (κ3) is 5.04. The maximum atomic E-state index is 13.9. The smallest absolute Gasteiger partial charge is 0.407 e. The lowest BCUT2D eigenvalue weighted by atomic mass is 9.85. The number of alkyl halides is 1. The Labute approximate surface area is 112 Å². The summed E-state index contributed by atoms with van der Waals surface area (Å²) >= 11 is 0. The molecule has 3 unspecified atom stereocenters. The minimum atomic E-state index is -1.26. The summed E-state index contributed by atoms with van der Waals surface area (Å²) in [5, 5.41) is 2.51. The number of ether oxygens (including phenoxy) is 2. The molecule has 0 aromatic rings. The molecule has 0 bridgehead atoms. The Hall–Kier alpha value is -1.33. The quantitative estimate of drug-likeness (QED) is 0.785. The van der Waals surface area contributed by atoms with Gasteiger partial charge >= 0.3 is 12.1 Å². The van der Waals surface area contributed by atoms with Gasteiger partial charge in [0, 0.05) is 0 Å². The number of esters is 1. The highest BCUT2D eigenvalue weighted by Gasteiger charge is 2.36. The SMILES string of the molecule is COC(=O)C1CCC(NC(=O)OC(C)(C)C)C(F)C1. The van der Waals surface area contributed by atoms with Gasteiger partial charge in [-0.3, -0.25) is 4.79 Å². The van der Waals surface area contributed by atoms with E-state index in [4.69, 9.17) is 4.74 Å². The monoisotopic (exact) mass is 275 g/mol. The number of hydrogen-bond acceptors (Lipinski definition) is 4. The molecule has 1 aliphatic carbocycles. The number of hydrogen-bond donors (Lipinski definition) is 1. The van der Waals surface area contributed by atoms with Crippen molar-refractivity contribution in [1.82, 2.24) is 5.32 Å². The van der Waals surface area contributed by atoms with Crippen molar-refractivity contribution < 1.29 is 23.5 Å². The van der Waals surface area contributed by atoms with E-state index in [1.54, 1.807) is 20.8 Å². The number of halogens is 1. The van der Waals surface area contributed by atoms with Crippen LogP contribution in [-0.4, -0.2) is 37.0 Å². The molecule has 1 fully saturated rings. The van der Waals surface area contributed by atoms with Crippen molar-refractivity contribution in [3.8, 4) is 0 Å². The molecule has 110 valence electrons. The average Bonchev–Trinajstić information content (AvgIpc) is 2.28. The highest BCUT2D eigenvalue weighted by Crippen LogP contribution is 2.28. The van der Waals surface area contributed by atoms with Crippen molar-refractivity contribution >= 4 is 12.1 Å². The molecule has 6 heteroatoms. The van der Waals surface area contributed by atoms with Crippen LogP contribution in [0.2, 0.25) is 0 Å². The average molecular weight is 275 g/mol. The van der Waals surface area contributed by atoms with Gasteiger partial charge in [-0.25, -0.2) is 9.18 Å². The lowest BCUT2D eigenvalue weighted by Gasteiger charge is -2.31. The summed E-state index contributed by atoms with van der Waals surface area (Å²) in [7, 11) is 1.29. The van der Waals surface area contributed by atoms with Crippen molar-refractivity contribution in [2.75, 3.05) is 7.11 Å². The Balaban J connectivity index is 2.46. The summed E-state index contributed by atoms with van der Waals surface area (Å²) < 4.78 is 23.6. The molecule has 0 aliphatic heterocycles. The zero-order chi connectivity index (χ0) is 14.6. The van der Waals surface area contributed by atoms with Crippen molar-refractivity contribution in [3.63, 3.8) is 0 Å². The minimum absolute atomic E-state index is 0.0765. The van der Waals surface area contributed by atoms with Gasteiger partial charge in [-0.2, -0.15) is 0 Å². The largest absolute Gasteiger partial charge is 0.469 e. The molecule has 19 heavy (non-hydrogen) atoms. The molecular weight excluding hydrogens is 253 g/mol. The molecule has 3 atom stereocenters. The van der Waals surface area contributed by atoms with Crippen molar-refractivity contribution in [2.45, 2.75) is 57.8 Å². The predicted octanol–water partition coefficient (Wildman–Crippen LogP) is 2.19. The van der Waals surface area contributed by atoms with Gasteiger partial charge in [0.15, 0.2) is 0 Å². The molecule has 0 aromatic heterocycles. The third-order valence-corrected chi connectivity index (χ3v) is 3.01. The van der Waals surface area contributed by atoms with Crippen LogP contribution in [0.3, 0.4) is 0 Å². The minimum Gasteiger partial charge on any atom is -0.469 e. The van der Waals surface area contributed by atoms with E-state index < -0.39 is 35.8 Å². The number of methoxy groups -OCH3 is 1. The van der Waals surface area contributed by atoms with E-state index >= 15 is 0 Å². The fourth-order valence-corrected chi connectivity index (χ4v) is 2.12. The van der Waals surface area contributed by atoms with Crippen LogP contribution in [0.4, 0.5) is 9.18 Å². The summed E-state index contributed by atoms with van der Waals surface area (Å²) in [5.74, 6) is -0.810. The van der Waals surface area contributed by atoms with E-state index in [9.17, 15) is 14.0 Å². The van der Waals surface area contributed by atoms with Crippen molar-refractivity contribution in [3.05, 3.63) is 0 Å². The molecule has 1 saturated carbocycles. The normalized spacial score (nSPS) is 27.5. The molecule has 1 N–H and O–H groups in total. The first-order chi connectivity index (χ1) is 8.73. The van der Waals surface area contributed by atoms with E-state index in [0.717, 1.165) is 0 Å². The molecule has 5 nitrogen and oxygen atoms in total. The number of alkyl carbamates (subject to hydrolysis) is 1. The van der Waals surface area contributed by atoms with Crippen LogP contribution in [0.25, 0.3) is 0 Å². The number of rotatable bonds is 2. The Bertz CT molecular complexity index is 340. The van der Waals surface area contributed by atoms with Gasteiger partial charge in [-0.05, 0) is 40.0 Å². The second kappa shape index (κ2) is 6.21. The third-order valence-electron chi connectivity index (χ3n) is 3.01. The zero-order valence-corrected chi connectivity index (χ0v) is 11.9. The fourth-order valence-electron chi connectivity index (χ4n) is 2.12. The van der Waals surface area contributed by atoms with Gasteiger partial charge in [-0.15, -0.1) is 0 Å². The Morgan fingerprint density at radius 3 is 2.37 bits per heavy atom. The first kappa shape index (κ1) is 15.7. The number of carbonyl (C=O) groups excluding carboxylic acids is 2. The van der Waals surface area contributed by atoms with Crippen LogP contribution in [0.1, 0.15) is 40.0 Å². The van der Waals surface area contributed by atoms with Gasteiger partial charge < -0.3 is 14.8 Å². The molecule has 1 aliphatic rings. The summed E-state index contributed by atoms with van der Waals surface area (Å²) in [5.41, 5.74) is -0.612. The second-order valence-electron chi connectivity index (χ2n) is 5.80. The van der Waals surface area contributed by atoms with Gasteiger partial charge in [-0.1, -0.05) is 0 Å². The van der Waals surface area contributed by atoms with Gasteiger partial charge in [0.25, 0.3) is 0 Å². The first-order valence-electron chi connectivity index (χ1n) is 6.44. The zero-order valence-electron chi connectivity index (χ0n) is 11.9. The summed E-state index contributed by atoms with van der Waals surface area (Å²) in [6.07, 6.45) is -0.900. The van der Waals surface area contributed by atoms with Crippen molar-refractivity contribution in [2.24, 2.45) is 5.92 Å². The summed E-state index contributed by atoms with van der Waals surface area (Å²) in [6, 6.07) is -0.601. The van der Waals surface area contributed by atoms with Crippen LogP contribution in [0.5, 0.6) is 0 Å². The lowest BCUT2D eigenvalue weighted by molar-refractivity contribution is -0.147. The van der Waals surface area contributed by atoms with Crippen molar-refractivity contribution in [1.29, 1.82) is 0 Å². The highest BCUT2D eigenvalue weighted by molar-refractivity contribution is 5.72. The fraction of sp³-hybridized carbons (Fsp3) is 0.846. The number of amides is 1. The molecule has 1 amide bonds. The number of nitrogens with one attached hydrogen (secondary N) is 1. The Morgan fingerprint density at radius 1 is 1.26 bits per heavy atom. The lowest BCUT2D eigenvalue weighted by Crippen LogP contribution is -2.47. The molecule has 0 spiro atoms. The molecule has 0 saturated heterocycles. The van der Waals surface area contributed by atoms with Crippen LogP contribution in [0.15, 0.2) is 0 Å². The van der Waals surface area contributed by atoms with E-state index in [1.165, 1.54) is 7.11 Å². The van der Waals surface area contributed by atoms with E-state index in [1.807, 2.05) is 0 Å². The van der Waals surface area contributed by atoms with E-state index in [0.29, 0.717) is 12.8 Å². The van der Waals surface area contributed by atoms with Crippen LogP contribution in [-0.2, 0) is 14.3 Å². The van der Waals surface area contributed by atoms with E-state index in [2.05, 4.69) is 10.1 Å². The standard InChI is InChI=1S/C13H22FNO4/c1-13(2,3)19-12(17)15-10-6-5-8(7-9(10)14)11(16)18-4/h8-10H,5-7H2,1-4H3,(H,15,17). The summed E-state index contributed by atoms with van der Waals surface area (Å²) in [6.45, 7) is 5.23. The molecule has 0 aromatic carbocycles. The first-order valence-corrected chi connectivity index (χ1v) is 6.44. The van der Waals surface area contributed by atoms with Gasteiger partial charge in [0.1, 0.15) is 11.8 Å². The molecule has 1 rings (SSSR count). The number of carbonyl (C=O) groups is 2. The Morgan fingerprint density at radius 2 is 1.89 bits per heavy atom. The maximum absolute atomic E-state index is 13.9. The van der Waals surface area contributed by atoms with Crippen LogP contribution >= 0.6 is 0 Å². The second-order valence-corrected chi connectivity index (χ2v) is 5.80. The maximum Gasteiger partial charge on any atom is 0.407 e. The Kier molecular flexibility index (Phi) is 5.14. The molecular formula is C13H22FNO4. The summed E-state index contributed by atoms with van der Waals surface area (Å²) in [4.78, 5) is 22.9. The molecule has 0 radical (unpaired) electrons. The van der Waals surface area contributed by atoms with Crippen LogP contribution < -0.4 is 5.32 Å². The highest BCUT2D eigenvalue weighted by atomic mass is 19.1. The van der Waals surface area contributed by atoms with Crippen LogP contribution in [0, 0.1) is 5.92 Å². The predicted molar refractivity (Wildman–Crippen MR) is 67.4 cm³/mol. The topological polar surface area (TPSA) is 64.6 Å². The van der Waals surface area contributed by atoms with Gasteiger partial charge in [0.2, 0.25) is 0 Å².